The molecule has 2 aromatic rings. The molecule has 1 N–H and O–H groups in total. The zero-order valence-corrected chi connectivity index (χ0v) is 13.9. The van der Waals surface area contributed by atoms with Crippen LogP contribution in [0.5, 0.6) is 0 Å². The van der Waals surface area contributed by atoms with Gasteiger partial charge in [0.15, 0.2) is 12.4 Å². The number of rotatable bonds is 5. The summed E-state index contributed by atoms with van der Waals surface area (Å²) in [5.74, 6) is -1.20. The Morgan fingerprint density at radius 1 is 1.00 bits per heavy atom. The first kappa shape index (κ1) is 17.4. The van der Waals surface area contributed by atoms with E-state index in [0.717, 1.165) is 11.1 Å². The maximum Gasteiger partial charge on any atom is 0.338 e. The van der Waals surface area contributed by atoms with Crippen LogP contribution in [-0.2, 0) is 9.53 Å². The molecule has 124 valence electrons. The molecule has 5 nitrogen and oxygen atoms in total. The van der Waals surface area contributed by atoms with Crippen LogP contribution < -0.4 is 5.32 Å². The number of ether oxygens (including phenoxy) is 1. The van der Waals surface area contributed by atoms with Crippen molar-refractivity contribution in [1.29, 1.82) is 0 Å². The van der Waals surface area contributed by atoms with Crippen LogP contribution in [0.25, 0.3) is 0 Å². The summed E-state index contributed by atoms with van der Waals surface area (Å²) in [4.78, 5) is 35.6. The Morgan fingerprint density at radius 2 is 1.71 bits per heavy atom. The number of benzene rings is 2. The molecule has 0 saturated carbocycles. The molecule has 0 unspecified atom stereocenters. The van der Waals surface area contributed by atoms with E-state index in [9.17, 15) is 14.4 Å². The smallest absolute Gasteiger partial charge is 0.338 e. The molecule has 0 aliphatic heterocycles. The van der Waals surface area contributed by atoms with Crippen LogP contribution in [-0.4, -0.2) is 24.3 Å². The van der Waals surface area contributed by atoms with Crippen LogP contribution in [0.1, 0.15) is 38.8 Å². The molecule has 0 saturated heterocycles. The van der Waals surface area contributed by atoms with Crippen molar-refractivity contribution >= 4 is 23.3 Å². The zero-order chi connectivity index (χ0) is 17.7. The molecule has 2 aromatic carbocycles. The minimum Gasteiger partial charge on any atom is -0.452 e. The lowest BCUT2D eigenvalue weighted by Gasteiger charge is -2.10. The molecular formula is C19H19NO4. The molecule has 0 radical (unpaired) electrons. The van der Waals surface area contributed by atoms with Crippen LogP contribution >= 0.6 is 0 Å². The van der Waals surface area contributed by atoms with E-state index in [-0.39, 0.29) is 5.78 Å². The predicted molar refractivity (Wildman–Crippen MR) is 91.3 cm³/mol. The Kier molecular flexibility index (Phi) is 5.47. The van der Waals surface area contributed by atoms with Crippen molar-refractivity contribution in [2.24, 2.45) is 0 Å². The second-order valence-corrected chi connectivity index (χ2v) is 5.54. The lowest BCUT2D eigenvalue weighted by Crippen LogP contribution is -2.22. The van der Waals surface area contributed by atoms with Gasteiger partial charge < -0.3 is 10.1 Å². The summed E-state index contributed by atoms with van der Waals surface area (Å²) in [6, 6.07) is 12.1. The quantitative estimate of drug-likeness (QED) is 0.676. The fourth-order valence-electron chi connectivity index (χ4n) is 2.25. The molecule has 24 heavy (non-hydrogen) atoms. The summed E-state index contributed by atoms with van der Waals surface area (Å²) in [5, 5.41) is 2.59. The first-order valence-corrected chi connectivity index (χ1v) is 7.52. The van der Waals surface area contributed by atoms with Gasteiger partial charge in [-0.25, -0.2) is 4.79 Å². The predicted octanol–water partition coefficient (Wildman–Crippen LogP) is 3.30. The molecular weight excluding hydrogens is 306 g/mol. The normalized spacial score (nSPS) is 10.1. The molecule has 0 aliphatic rings. The number of esters is 1. The number of ketones is 1. The Hall–Kier alpha value is -2.95. The summed E-state index contributed by atoms with van der Waals surface area (Å²) in [7, 11) is 0. The number of carbonyl (C=O) groups excluding carboxylic acids is 3. The zero-order valence-electron chi connectivity index (χ0n) is 13.9. The van der Waals surface area contributed by atoms with Gasteiger partial charge in [-0.1, -0.05) is 29.8 Å². The fraction of sp³-hybridized carbons (Fsp3) is 0.211. The molecule has 0 atom stereocenters. The van der Waals surface area contributed by atoms with E-state index in [4.69, 9.17) is 4.74 Å². The van der Waals surface area contributed by atoms with Crippen molar-refractivity contribution in [2.45, 2.75) is 20.8 Å². The highest BCUT2D eigenvalue weighted by atomic mass is 16.5. The Bertz CT molecular complexity index is 796. The Balaban J connectivity index is 2.00. The number of anilines is 1. The van der Waals surface area contributed by atoms with Gasteiger partial charge in [-0.05, 0) is 44.5 Å². The molecule has 0 aromatic heterocycles. The third-order valence-corrected chi connectivity index (χ3v) is 3.53. The van der Waals surface area contributed by atoms with Gasteiger partial charge in [0.2, 0.25) is 0 Å². The highest BCUT2D eigenvalue weighted by Crippen LogP contribution is 2.16. The number of carbonyl (C=O) groups is 3. The minimum atomic E-state index is -0.550. The maximum absolute atomic E-state index is 12.1. The molecule has 0 fully saturated rings. The number of para-hydroxylation sites is 1. The summed E-state index contributed by atoms with van der Waals surface area (Å²) < 4.78 is 5.06. The van der Waals surface area contributed by atoms with Gasteiger partial charge in [0.05, 0.1) is 11.3 Å². The molecule has 0 heterocycles. The molecule has 0 aliphatic carbocycles. The highest BCUT2D eigenvalue weighted by molar-refractivity contribution is 6.04. The topological polar surface area (TPSA) is 72.5 Å². The average Bonchev–Trinajstić information content (AvgIpc) is 2.55. The number of amides is 1. The second-order valence-electron chi connectivity index (χ2n) is 5.54. The van der Waals surface area contributed by atoms with Gasteiger partial charge >= 0.3 is 5.97 Å². The largest absolute Gasteiger partial charge is 0.452 e. The third-order valence-electron chi connectivity index (χ3n) is 3.53. The third kappa shape index (κ3) is 4.29. The van der Waals surface area contributed by atoms with E-state index in [1.807, 2.05) is 19.1 Å². The standard InChI is InChI=1S/C19H19NO4/c1-12-8-9-13(2)16(10-12)19(23)24-11-18(22)20-17-7-5-4-6-15(17)14(3)21/h4-10H,11H2,1-3H3,(H,20,22). The van der Waals surface area contributed by atoms with Gasteiger partial charge in [0.25, 0.3) is 5.91 Å². The van der Waals surface area contributed by atoms with E-state index in [1.54, 1.807) is 37.3 Å². The van der Waals surface area contributed by atoms with E-state index in [2.05, 4.69) is 5.32 Å². The van der Waals surface area contributed by atoms with Crippen LogP contribution in [0.4, 0.5) is 5.69 Å². The summed E-state index contributed by atoms with van der Waals surface area (Å²) in [5.41, 5.74) is 2.97. The minimum absolute atomic E-state index is 0.154. The highest BCUT2D eigenvalue weighted by Gasteiger charge is 2.14. The van der Waals surface area contributed by atoms with Crippen molar-refractivity contribution < 1.29 is 19.1 Å². The SMILES string of the molecule is CC(=O)c1ccccc1NC(=O)COC(=O)c1cc(C)ccc1C. The lowest BCUT2D eigenvalue weighted by molar-refractivity contribution is -0.119. The van der Waals surface area contributed by atoms with Crippen LogP contribution in [0.15, 0.2) is 42.5 Å². The monoisotopic (exact) mass is 325 g/mol. The molecule has 2 rings (SSSR count). The van der Waals surface area contributed by atoms with E-state index < -0.39 is 18.5 Å². The van der Waals surface area contributed by atoms with Crippen LogP contribution in [0.3, 0.4) is 0 Å². The van der Waals surface area contributed by atoms with Gasteiger partial charge in [0, 0.05) is 5.56 Å². The van der Waals surface area contributed by atoms with Crippen molar-refractivity contribution in [3.8, 4) is 0 Å². The molecule has 0 spiro atoms. The number of hydrogen-bond donors (Lipinski definition) is 1. The van der Waals surface area contributed by atoms with E-state index >= 15 is 0 Å². The first-order chi connectivity index (χ1) is 11.4. The number of aryl methyl sites for hydroxylation is 2. The Labute approximate surface area is 140 Å². The van der Waals surface area contributed by atoms with Crippen molar-refractivity contribution in [3.05, 3.63) is 64.7 Å². The molecule has 0 bridgehead atoms. The van der Waals surface area contributed by atoms with Gasteiger partial charge in [-0.2, -0.15) is 0 Å². The molecule has 5 heteroatoms. The fourth-order valence-corrected chi connectivity index (χ4v) is 2.25. The summed E-state index contributed by atoms with van der Waals surface area (Å²) in [6.07, 6.45) is 0. The van der Waals surface area contributed by atoms with Gasteiger partial charge in [0.1, 0.15) is 0 Å². The van der Waals surface area contributed by atoms with E-state index in [1.165, 1.54) is 6.92 Å². The summed E-state index contributed by atoms with van der Waals surface area (Å²) in [6.45, 7) is 4.69. The first-order valence-electron chi connectivity index (χ1n) is 7.52. The van der Waals surface area contributed by atoms with Crippen molar-refractivity contribution in [3.63, 3.8) is 0 Å². The van der Waals surface area contributed by atoms with Crippen molar-refractivity contribution in [2.75, 3.05) is 11.9 Å². The average molecular weight is 325 g/mol. The number of hydrogen-bond acceptors (Lipinski definition) is 4. The van der Waals surface area contributed by atoms with Gasteiger partial charge in [-0.3, -0.25) is 9.59 Å². The Morgan fingerprint density at radius 3 is 2.42 bits per heavy atom. The number of nitrogens with one attached hydrogen (secondary N) is 1. The lowest BCUT2D eigenvalue weighted by atomic mass is 10.1. The van der Waals surface area contributed by atoms with Crippen LogP contribution in [0.2, 0.25) is 0 Å². The van der Waals surface area contributed by atoms with Crippen molar-refractivity contribution in [1.82, 2.24) is 0 Å². The maximum atomic E-state index is 12.1. The summed E-state index contributed by atoms with van der Waals surface area (Å²) >= 11 is 0. The van der Waals surface area contributed by atoms with E-state index in [0.29, 0.717) is 16.8 Å². The van der Waals surface area contributed by atoms with Crippen LogP contribution in [0, 0.1) is 13.8 Å². The number of Topliss-reactive ketones (excluding diaryl/α,β-unsaturated/α-hetero) is 1. The second kappa shape index (κ2) is 7.55. The van der Waals surface area contributed by atoms with Gasteiger partial charge in [-0.15, -0.1) is 0 Å². The molecule has 1 amide bonds.